The first-order valence-corrected chi connectivity index (χ1v) is 5.09. The molecule has 4 N–H and O–H groups in total. The molecule has 0 saturated carbocycles. The van der Waals surface area contributed by atoms with E-state index in [-0.39, 0.29) is 0 Å². The molecule has 0 bridgehead atoms. The number of nitrogens with zero attached hydrogens (tertiary/aromatic N) is 1. The highest BCUT2D eigenvalue weighted by molar-refractivity contribution is 5.15. The molecule has 1 aromatic heterocycles. The summed E-state index contributed by atoms with van der Waals surface area (Å²) in [6.07, 6.45) is -3.38. The number of hydrogen-bond acceptors (Lipinski definition) is 6. The fraction of sp³-hybridized carbons (Fsp3) is 0.500. The van der Waals surface area contributed by atoms with Crippen LogP contribution in [0.2, 0.25) is 0 Å². The third-order valence-corrected chi connectivity index (χ3v) is 2.75. The third kappa shape index (κ3) is 1.93. The summed E-state index contributed by atoms with van der Waals surface area (Å²) in [6, 6.07) is 2.62. The van der Waals surface area contributed by atoms with E-state index in [0.717, 1.165) is 4.57 Å². The monoisotopic (exact) mass is 243 g/mol. The van der Waals surface area contributed by atoms with E-state index in [0.29, 0.717) is 0 Å². The van der Waals surface area contributed by atoms with Gasteiger partial charge in [-0.15, -0.1) is 0 Å². The Morgan fingerprint density at radius 1 is 1.35 bits per heavy atom. The van der Waals surface area contributed by atoms with Crippen LogP contribution in [-0.2, 0) is 4.74 Å². The second-order valence-corrected chi connectivity index (χ2v) is 3.83. The summed E-state index contributed by atoms with van der Waals surface area (Å²) in [4.78, 5) is 11.6. The maximum atomic E-state index is 11.6. The number of pyridine rings is 1. The summed E-state index contributed by atoms with van der Waals surface area (Å²) >= 11 is 0. The molecule has 7 heteroatoms. The van der Waals surface area contributed by atoms with Crippen LogP contribution in [0.15, 0.2) is 23.1 Å². The Balaban J connectivity index is 2.35. The summed E-state index contributed by atoms with van der Waals surface area (Å²) in [5.41, 5.74) is -0.734. The summed E-state index contributed by atoms with van der Waals surface area (Å²) in [6.45, 7) is -0.470. The molecule has 1 aliphatic rings. The lowest BCUT2D eigenvalue weighted by atomic mass is 10.1. The maximum Gasteiger partial charge on any atom is 0.294 e. The van der Waals surface area contributed by atoms with Crippen molar-refractivity contribution in [2.45, 2.75) is 24.5 Å². The van der Waals surface area contributed by atoms with Crippen molar-refractivity contribution in [1.29, 1.82) is 0 Å². The Morgan fingerprint density at radius 3 is 2.65 bits per heavy atom. The Kier molecular flexibility index (Phi) is 3.16. The molecule has 94 valence electrons. The van der Waals surface area contributed by atoms with Crippen molar-refractivity contribution >= 4 is 0 Å². The topological polar surface area (TPSA) is 112 Å². The summed E-state index contributed by atoms with van der Waals surface area (Å²) in [5.74, 6) is -0.481. The minimum atomic E-state index is -1.34. The molecule has 0 aliphatic carbocycles. The number of aliphatic hydroxyl groups is 3. The molecule has 1 aromatic rings. The van der Waals surface area contributed by atoms with E-state index in [9.17, 15) is 20.1 Å². The molecule has 2 rings (SSSR count). The first-order valence-electron chi connectivity index (χ1n) is 5.09. The van der Waals surface area contributed by atoms with Gasteiger partial charge in [0.05, 0.1) is 6.61 Å². The van der Waals surface area contributed by atoms with Crippen LogP contribution in [-0.4, -0.2) is 49.9 Å². The summed E-state index contributed by atoms with van der Waals surface area (Å²) in [7, 11) is 0. The van der Waals surface area contributed by atoms with Gasteiger partial charge in [0.15, 0.2) is 12.0 Å². The van der Waals surface area contributed by atoms with E-state index in [1.165, 1.54) is 18.3 Å². The van der Waals surface area contributed by atoms with Crippen molar-refractivity contribution in [3.8, 4) is 5.75 Å². The van der Waals surface area contributed by atoms with Gasteiger partial charge in [0.1, 0.15) is 18.3 Å². The predicted octanol–water partition coefficient (Wildman–Crippen LogP) is -1.83. The van der Waals surface area contributed by atoms with Gasteiger partial charge in [-0.05, 0) is 12.1 Å². The smallest absolute Gasteiger partial charge is 0.294 e. The van der Waals surface area contributed by atoms with Crippen LogP contribution >= 0.6 is 0 Å². The number of ether oxygens (including phenoxy) is 1. The summed E-state index contributed by atoms with van der Waals surface area (Å²) in [5, 5.41) is 37.4. The molecule has 7 nitrogen and oxygen atoms in total. The minimum absolute atomic E-state index is 0.470. The fourth-order valence-corrected chi connectivity index (χ4v) is 1.81. The standard InChI is InChI=1S/C10H13NO6/c12-4-6-7(14)8(15)10(17-6)11-3-1-2-5(13)9(11)16/h1-3,6-8,10,12-15H,4H2/t6-,7-,8-,10-/m1/s1. The zero-order valence-corrected chi connectivity index (χ0v) is 8.80. The molecule has 0 amide bonds. The normalized spacial score (nSPS) is 32.9. The minimum Gasteiger partial charge on any atom is -0.503 e. The molecule has 1 aliphatic heterocycles. The van der Waals surface area contributed by atoms with Crippen LogP contribution in [0.25, 0.3) is 0 Å². The van der Waals surface area contributed by atoms with E-state index in [1.807, 2.05) is 0 Å². The Labute approximate surface area is 96.1 Å². The molecule has 0 radical (unpaired) electrons. The van der Waals surface area contributed by atoms with Crippen molar-refractivity contribution in [3.63, 3.8) is 0 Å². The van der Waals surface area contributed by atoms with Gasteiger partial charge < -0.3 is 25.2 Å². The van der Waals surface area contributed by atoms with Gasteiger partial charge in [-0.1, -0.05) is 0 Å². The van der Waals surface area contributed by atoms with Crippen molar-refractivity contribution in [1.82, 2.24) is 4.57 Å². The largest absolute Gasteiger partial charge is 0.503 e. The van der Waals surface area contributed by atoms with Gasteiger partial charge in [0.25, 0.3) is 5.56 Å². The first-order chi connectivity index (χ1) is 8.06. The number of rotatable bonds is 2. The van der Waals surface area contributed by atoms with E-state index in [2.05, 4.69) is 0 Å². The zero-order valence-electron chi connectivity index (χ0n) is 8.80. The lowest BCUT2D eigenvalue weighted by Gasteiger charge is -2.17. The fourth-order valence-electron chi connectivity index (χ4n) is 1.81. The predicted molar refractivity (Wildman–Crippen MR) is 55.4 cm³/mol. The van der Waals surface area contributed by atoms with Crippen molar-refractivity contribution < 1.29 is 25.2 Å². The Bertz CT molecular complexity index is 458. The molecule has 0 aromatic carbocycles. The van der Waals surface area contributed by atoms with E-state index in [1.54, 1.807) is 0 Å². The molecule has 1 fully saturated rings. The lowest BCUT2D eigenvalue weighted by molar-refractivity contribution is -0.0546. The van der Waals surface area contributed by atoms with Gasteiger partial charge >= 0.3 is 0 Å². The average Bonchev–Trinajstić information content (AvgIpc) is 2.60. The third-order valence-electron chi connectivity index (χ3n) is 2.75. The highest BCUT2D eigenvalue weighted by atomic mass is 16.6. The maximum absolute atomic E-state index is 11.6. The Hall–Kier alpha value is -1.41. The number of aromatic nitrogens is 1. The van der Waals surface area contributed by atoms with E-state index < -0.39 is 42.5 Å². The molecular weight excluding hydrogens is 230 g/mol. The van der Waals surface area contributed by atoms with Crippen LogP contribution < -0.4 is 5.56 Å². The zero-order chi connectivity index (χ0) is 12.6. The SMILES string of the molecule is O=c1c(O)cccn1[C@@H]1O[C@H](CO)[C@@H](O)[C@H]1O. The molecule has 17 heavy (non-hydrogen) atoms. The second kappa shape index (κ2) is 4.46. The van der Waals surface area contributed by atoms with Crippen molar-refractivity contribution in [2.75, 3.05) is 6.61 Å². The molecule has 4 atom stereocenters. The van der Waals surface area contributed by atoms with Crippen LogP contribution in [0.1, 0.15) is 6.23 Å². The van der Waals surface area contributed by atoms with Crippen molar-refractivity contribution in [2.24, 2.45) is 0 Å². The van der Waals surface area contributed by atoms with Gasteiger partial charge in [-0.3, -0.25) is 9.36 Å². The van der Waals surface area contributed by atoms with Crippen LogP contribution in [0.5, 0.6) is 5.75 Å². The molecule has 1 saturated heterocycles. The summed E-state index contributed by atoms with van der Waals surface area (Å²) < 4.78 is 6.13. The van der Waals surface area contributed by atoms with Crippen LogP contribution in [0.4, 0.5) is 0 Å². The average molecular weight is 243 g/mol. The van der Waals surface area contributed by atoms with E-state index >= 15 is 0 Å². The van der Waals surface area contributed by atoms with Crippen LogP contribution in [0.3, 0.4) is 0 Å². The van der Waals surface area contributed by atoms with Gasteiger partial charge in [0, 0.05) is 6.20 Å². The molecular formula is C10H13NO6. The highest BCUT2D eigenvalue weighted by Gasteiger charge is 2.43. The van der Waals surface area contributed by atoms with Crippen molar-refractivity contribution in [3.05, 3.63) is 28.7 Å². The second-order valence-electron chi connectivity index (χ2n) is 3.83. The number of aliphatic hydroxyl groups excluding tert-OH is 3. The number of hydrogen-bond donors (Lipinski definition) is 4. The quantitative estimate of drug-likeness (QED) is 0.486. The number of aromatic hydroxyl groups is 1. The van der Waals surface area contributed by atoms with Gasteiger partial charge in [0.2, 0.25) is 0 Å². The Morgan fingerprint density at radius 2 is 2.06 bits per heavy atom. The van der Waals surface area contributed by atoms with Gasteiger partial charge in [-0.25, -0.2) is 0 Å². The highest BCUT2D eigenvalue weighted by Crippen LogP contribution is 2.28. The van der Waals surface area contributed by atoms with E-state index in [4.69, 9.17) is 9.84 Å². The first kappa shape index (κ1) is 12.1. The molecule has 2 heterocycles. The molecule has 0 unspecified atom stereocenters. The molecule has 0 spiro atoms. The van der Waals surface area contributed by atoms with Crippen LogP contribution in [0, 0.1) is 0 Å². The van der Waals surface area contributed by atoms with Gasteiger partial charge in [-0.2, -0.15) is 0 Å². The lowest BCUT2D eigenvalue weighted by Crippen LogP contribution is -2.35.